The van der Waals surface area contributed by atoms with Crippen molar-refractivity contribution in [2.45, 2.75) is 27.7 Å². The number of esters is 1. The van der Waals surface area contributed by atoms with Crippen molar-refractivity contribution in [2.24, 2.45) is 0 Å². The predicted molar refractivity (Wildman–Crippen MR) is 114 cm³/mol. The number of carbonyl (C=O) groups is 1. The van der Waals surface area contributed by atoms with Crippen molar-refractivity contribution >= 4 is 17.1 Å². The molecule has 2 rings (SSSR count). The standard InChI is InChI=1S/C24H27NO3/c1-8-21(18-9-11-19(12-10-18)24(26)28-7)23-16(4)13-20(14-25-23)22(15(2)3)17(5)27-6/h8-14H,2H2,1,3-7H3/b21-8-,22-17+. The average molecular weight is 377 g/mol. The topological polar surface area (TPSA) is 48.4 Å². The number of carbonyl (C=O) groups excluding carboxylic acids is 1. The Kier molecular flexibility index (Phi) is 6.94. The zero-order valence-electron chi connectivity index (χ0n) is 17.4. The van der Waals surface area contributed by atoms with Crippen molar-refractivity contribution in [3.8, 4) is 0 Å². The zero-order valence-corrected chi connectivity index (χ0v) is 17.4. The van der Waals surface area contributed by atoms with Crippen LogP contribution in [0.2, 0.25) is 0 Å². The smallest absolute Gasteiger partial charge is 0.337 e. The van der Waals surface area contributed by atoms with Gasteiger partial charge in [-0.05, 0) is 62.6 Å². The Morgan fingerprint density at radius 1 is 1.04 bits per heavy atom. The van der Waals surface area contributed by atoms with E-state index in [2.05, 4.69) is 12.6 Å². The summed E-state index contributed by atoms with van der Waals surface area (Å²) in [6, 6.07) is 9.44. The van der Waals surface area contributed by atoms with E-state index in [-0.39, 0.29) is 5.97 Å². The maximum atomic E-state index is 11.7. The van der Waals surface area contributed by atoms with Gasteiger partial charge >= 0.3 is 5.97 Å². The van der Waals surface area contributed by atoms with Gasteiger partial charge in [0.25, 0.3) is 0 Å². The quantitative estimate of drug-likeness (QED) is 0.374. The zero-order chi connectivity index (χ0) is 20.8. The molecule has 0 saturated heterocycles. The van der Waals surface area contributed by atoms with Gasteiger partial charge in [0.15, 0.2) is 0 Å². The molecule has 28 heavy (non-hydrogen) atoms. The number of aryl methyl sites for hydroxylation is 1. The molecule has 0 aliphatic rings. The van der Waals surface area contributed by atoms with Crippen LogP contribution in [0.5, 0.6) is 0 Å². The summed E-state index contributed by atoms with van der Waals surface area (Å²) in [5.74, 6) is 0.464. The van der Waals surface area contributed by atoms with E-state index in [4.69, 9.17) is 14.5 Å². The van der Waals surface area contributed by atoms with Crippen LogP contribution in [-0.4, -0.2) is 25.2 Å². The van der Waals surface area contributed by atoms with Gasteiger partial charge in [-0.1, -0.05) is 24.8 Å². The van der Waals surface area contributed by atoms with E-state index >= 15 is 0 Å². The van der Waals surface area contributed by atoms with Crippen molar-refractivity contribution in [1.29, 1.82) is 0 Å². The summed E-state index contributed by atoms with van der Waals surface area (Å²) in [6.07, 6.45) is 3.87. The lowest BCUT2D eigenvalue weighted by atomic mass is 9.94. The molecule has 0 aliphatic carbocycles. The molecule has 0 bridgehead atoms. The molecule has 0 radical (unpaired) electrons. The molecule has 2 aromatic rings. The van der Waals surface area contributed by atoms with E-state index < -0.39 is 0 Å². The van der Waals surface area contributed by atoms with E-state index in [9.17, 15) is 4.79 Å². The fourth-order valence-corrected chi connectivity index (χ4v) is 3.19. The molecular weight excluding hydrogens is 350 g/mol. The molecule has 146 valence electrons. The van der Waals surface area contributed by atoms with Crippen LogP contribution in [0.3, 0.4) is 0 Å². The maximum Gasteiger partial charge on any atom is 0.337 e. The van der Waals surface area contributed by atoms with Crippen molar-refractivity contribution in [3.05, 3.63) is 88.5 Å². The van der Waals surface area contributed by atoms with Crippen molar-refractivity contribution in [3.63, 3.8) is 0 Å². The highest BCUT2D eigenvalue weighted by Gasteiger charge is 2.14. The van der Waals surface area contributed by atoms with Crippen molar-refractivity contribution in [1.82, 2.24) is 4.98 Å². The number of hydrogen-bond donors (Lipinski definition) is 0. The first-order valence-electron chi connectivity index (χ1n) is 9.07. The first-order chi connectivity index (χ1) is 13.3. The second-order valence-electron chi connectivity index (χ2n) is 6.58. The molecule has 0 amide bonds. The number of aromatic nitrogens is 1. The predicted octanol–water partition coefficient (Wildman–Crippen LogP) is 5.58. The van der Waals surface area contributed by atoms with Crippen LogP contribution in [0.1, 0.15) is 53.5 Å². The molecule has 0 N–H and O–H groups in total. The van der Waals surface area contributed by atoms with Gasteiger partial charge in [-0.3, -0.25) is 4.98 Å². The molecule has 1 heterocycles. The number of nitrogens with zero attached hydrogens (tertiary/aromatic N) is 1. The van der Waals surface area contributed by atoms with Crippen LogP contribution in [0.15, 0.2) is 60.5 Å². The molecular formula is C24H27NO3. The third-order valence-corrected chi connectivity index (χ3v) is 4.61. The second kappa shape index (κ2) is 9.18. The number of benzene rings is 1. The average Bonchev–Trinajstić information content (AvgIpc) is 2.69. The summed E-state index contributed by atoms with van der Waals surface area (Å²) in [5.41, 5.74) is 7.33. The van der Waals surface area contributed by atoms with Gasteiger partial charge < -0.3 is 9.47 Å². The van der Waals surface area contributed by atoms with Crippen molar-refractivity contribution in [2.75, 3.05) is 14.2 Å². The number of ether oxygens (including phenoxy) is 2. The third kappa shape index (κ3) is 4.39. The molecule has 1 aromatic carbocycles. The number of hydrogen-bond acceptors (Lipinski definition) is 4. The molecule has 4 heteroatoms. The number of methoxy groups -OCH3 is 2. The fraction of sp³-hybridized carbons (Fsp3) is 0.250. The monoisotopic (exact) mass is 377 g/mol. The van der Waals surface area contributed by atoms with Gasteiger partial charge in [-0.25, -0.2) is 4.79 Å². The Morgan fingerprint density at radius 3 is 2.11 bits per heavy atom. The summed E-state index contributed by atoms with van der Waals surface area (Å²) in [4.78, 5) is 16.4. The lowest BCUT2D eigenvalue weighted by Gasteiger charge is -2.15. The van der Waals surface area contributed by atoms with Gasteiger partial charge in [-0.2, -0.15) is 0 Å². The van der Waals surface area contributed by atoms with Crippen LogP contribution >= 0.6 is 0 Å². The van der Waals surface area contributed by atoms with Gasteiger partial charge in [0.1, 0.15) is 5.76 Å². The highest BCUT2D eigenvalue weighted by Crippen LogP contribution is 2.30. The first kappa shape index (κ1) is 21.2. The van der Waals surface area contributed by atoms with Crippen LogP contribution < -0.4 is 0 Å². The Labute approximate surface area is 167 Å². The minimum Gasteiger partial charge on any atom is -0.501 e. The molecule has 0 fully saturated rings. The highest BCUT2D eigenvalue weighted by molar-refractivity contribution is 5.90. The molecule has 0 saturated carbocycles. The molecule has 0 spiro atoms. The number of allylic oxidation sites excluding steroid dienone is 4. The number of rotatable bonds is 6. The van der Waals surface area contributed by atoms with E-state index in [1.54, 1.807) is 19.2 Å². The lowest BCUT2D eigenvalue weighted by Crippen LogP contribution is -2.02. The summed E-state index contributed by atoms with van der Waals surface area (Å²) in [7, 11) is 3.03. The van der Waals surface area contributed by atoms with E-state index in [1.807, 2.05) is 52.1 Å². The van der Waals surface area contributed by atoms with E-state index in [1.165, 1.54) is 7.11 Å². The minimum absolute atomic E-state index is 0.347. The Hall–Kier alpha value is -3.14. The Balaban J connectivity index is 2.47. The van der Waals surface area contributed by atoms with Crippen LogP contribution in [0.25, 0.3) is 11.1 Å². The summed E-state index contributed by atoms with van der Waals surface area (Å²) in [6.45, 7) is 12.0. The SMILES string of the molecule is C=C(C)/C(=C(/C)OC)c1cnc(/C(=C\C)c2ccc(C(=O)OC)cc2)c(C)c1. The lowest BCUT2D eigenvalue weighted by molar-refractivity contribution is 0.0600. The van der Waals surface area contributed by atoms with Gasteiger partial charge in [0, 0.05) is 22.9 Å². The molecule has 0 aliphatic heterocycles. The van der Waals surface area contributed by atoms with Crippen molar-refractivity contribution < 1.29 is 14.3 Å². The van der Waals surface area contributed by atoms with Crippen LogP contribution in [-0.2, 0) is 9.47 Å². The van der Waals surface area contributed by atoms with Crippen LogP contribution in [0, 0.1) is 6.92 Å². The number of pyridine rings is 1. The van der Waals surface area contributed by atoms with Gasteiger partial charge in [-0.15, -0.1) is 0 Å². The largest absolute Gasteiger partial charge is 0.501 e. The summed E-state index contributed by atoms with van der Waals surface area (Å²) < 4.78 is 10.2. The van der Waals surface area contributed by atoms with E-state index in [0.29, 0.717) is 5.56 Å². The van der Waals surface area contributed by atoms with Crippen LogP contribution in [0.4, 0.5) is 0 Å². The molecule has 4 nitrogen and oxygen atoms in total. The minimum atomic E-state index is -0.347. The normalized spacial score (nSPS) is 12.3. The molecule has 0 atom stereocenters. The molecule has 1 aromatic heterocycles. The van der Waals surface area contributed by atoms with Gasteiger partial charge in [0.2, 0.25) is 0 Å². The van der Waals surface area contributed by atoms with Gasteiger partial charge in [0.05, 0.1) is 25.5 Å². The summed E-state index contributed by atoms with van der Waals surface area (Å²) >= 11 is 0. The Morgan fingerprint density at radius 2 is 1.64 bits per heavy atom. The van der Waals surface area contributed by atoms with E-state index in [0.717, 1.165) is 44.9 Å². The Bertz CT molecular complexity index is 950. The second-order valence-corrected chi connectivity index (χ2v) is 6.58. The first-order valence-corrected chi connectivity index (χ1v) is 9.07. The summed E-state index contributed by atoms with van der Waals surface area (Å²) in [5, 5.41) is 0. The fourth-order valence-electron chi connectivity index (χ4n) is 3.19. The molecule has 0 unspecified atom stereocenters. The highest BCUT2D eigenvalue weighted by atomic mass is 16.5. The maximum absolute atomic E-state index is 11.7. The third-order valence-electron chi connectivity index (χ3n) is 4.61.